The van der Waals surface area contributed by atoms with E-state index in [2.05, 4.69) is 15.5 Å². The zero-order valence-electron chi connectivity index (χ0n) is 16.7. The molecule has 4 rings (SSSR count). The molecule has 1 aliphatic heterocycles. The number of fused-ring (bicyclic) bond motifs is 1. The van der Waals surface area contributed by atoms with Crippen molar-refractivity contribution in [3.8, 4) is 11.4 Å². The summed E-state index contributed by atoms with van der Waals surface area (Å²) in [6.45, 7) is 9.63. The summed E-state index contributed by atoms with van der Waals surface area (Å²) in [5, 5.41) is 0.670. The maximum absolute atomic E-state index is 6.46. The molecule has 0 radical (unpaired) electrons. The van der Waals surface area contributed by atoms with E-state index in [-0.39, 0.29) is 0 Å². The fourth-order valence-corrected chi connectivity index (χ4v) is 3.70. The first kappa shape index (κ1) is 20.6. The number of aromatic nitrogens is 2. The molecule has 0 bridgehead atoms. The van der Waals surface area contributed by atoms with Gasteiger partial charge in [0.05, 0.1) is 29.3 Å². The smallest absolute Gasteiger partial charge is 0.142 e. The van der Waals surface area contributed by atoms with Crippen molar-refractivity contribution in [2.24, 2.45) is 0 Å². The van der Waals surface area contributed by atoms with E-state index in [1.165, 1.54) is 0 Å². The highest BCUT2D eigenvalue weighted by Gasteiger charge is 2.16. The third-order valence-corrected chi connectivity index (χ3v) is 5.18. The molecule has 5 nitrogen and oxygen atoms in total. The van der Waals surface area contributed by atoms with E-state index < -0.39 is 0 Å². The van der Waals surface area contributed by atoms with E-state index in [0.717, 1.165) is 68.2 Å². The Morgan fingerprint density at radius 2 is 1.82 bits per heavy atom. The van der Waals surface area contributed by atoms with Gasteiger partial charge in [0, 0.05) is 37.4 Å². The topological polar surface area (TPSA) is 56.3 Å². The first-order chi connectivity index (χ1) is 13.7. The number of nitrogens with zero attached hydrogens (tertiary/aromatic N) is 3. The zero-order chi connectivity index (χ0) is 19.9. The fraction of sp³-hybridized carbons (Fsp3) is 0.409. The average Bonchev–Trinajstić information content (AvgIpc) is 3.11. The van der Waals surface area contributed by atoms with Gasteiger partial charge in [-0.25, -0.2) is 4.98 Å². The molecule has 0 aliphatic carbocycles. The standard InChI is InChI=1S/C20H23ClN4O.C2H6/c21-17-7-6-15(22)14-16(17)20-23-18-4-1-2-5-19(18)25(20)9-3-8-24-10-12-26-13-11-24;1-2/h1-2,4-7,14H,3,8-13,22H2;1-2H3. The van der Waals surface area contributed by atoms with Crippen LogP contribution in [0.1, 0.15) is 20.3 Å². The second-order valence-corrected chi connectivity index (χ2v) is 7.03. The summed E-state index contributed by atoms with van der Waals surface area (Å²) in [6, 6.07) is 13.8. The van der Waals surface area contributed by atoms with Gasteiger partial charge in [0.1, 0.15) is 5.82 Å². The van der Waals surface area contributed by atoms with Crippen molar-refractivity contribution >= 4 is 28.3 Å². The van der Waals surface area contributed by atoms with Crippen LogP contribution in [0.2, 0.25) is 5.02 Å². The van der Waals surface area contributed by atoms with Crippen LogP contribution >= 0.6 is 11.6 Å². The van der Waals surface area contributed by atoms with Crippen molar-refractivity contribution in [2.75, 3.05) is 38.6 Å². The van der Waals surface area contributed by atoms with Gasteiger partial charge < -0.3 is 15.0 Å². The lowest BCUT2D eigenvalue weighted by atomic mass is 10.2. The van der Waals surface area contributed by atoms with Gasteiger partial charge in [-0.3, -0.25) is 4.90 Å². The summed E-state index contributed by atoms with van der Waals surface area (Å²) in [5.41, 5.74) is 9.67. The van der Waals surface area contributed by atoms with Crippen LogP contribution in [0, 0.1) is 0 Å². The minimum atomic E-state index is 0.670. The molecular formula is C22H29ClN4O. The van der Waals surface area contributed by atoms with E-state index in [9.17, 15) is 0 Å². The number of morpholine rings is 1. The van der Waals surface area contributed by atoms with Gasteiger partial charge in [0.25, 0.3) is 0 Å². The highest BCUT2D eigenvalue weighted by atomic mass is 35.5. The van der Waals surface area contributed by atoms with E-state index in [0.29, 0.717) is 10.7 Å². The lowest BCUT2D eigenvalue weighted by Crippen LogP contribution is -2.37. The Morgan fingerprint density at radius 3 is 2.61 bits per heavy atom. The summed E-state index contributed by atoms with van der Waals surface area (Å²) < 4.78 is 7.69. The molecule has 2 N–H and O–H groups in total. The van der Waals surface area contributed by atoms with Crippen molar-refractivity contribution in [3.63, 3.8) is 0 Å². The summed E-state index contributed by atoms with van der Waals surface area (Å²) >= 11 is 6.46. The Bertz CT molecular complexity index is 903. The molecule has 28 heavy (non-hydrogen) atoms. The van der Waals surface area contributed by atoms with Crippen LogP contribution < -0.4 is 5.73 Å². The maximum atomic E-state index is 6.46. The number of anilines is 1. The third kappa shape index (κ3) is 4.66. The van der Waals surface area contributed by atoms with Crippen LogP contribution in [-0.2, 0) is 11.3 Å². The van der Waals surface area contributed by atoms with Gasteiger partial charge in [-0.2, -0.15) is 0 Å². The first-order valence-electron chi connectivity index (χ1n) is 10.0. The molecule has 0 spiro atoms. The van der Waals surface area contributed by atoms with Gasteiger partial charge in [0.15, 0.2) is 0 Å². The zero-order valence-corrected chi connectivity index (χ0v) is 17.5. The molecule has 0 saturated carbocycles. The second-order valence-electron chi connectivity index (χ2n) is 6.62. The largest absolute Gasteiger partial charge is 0.399 e. The number of hydrogen-bond donors (Lipinski definition) is 1. The van der Waals surface area contributed by atoms with Crippen LogP contribution in [0.4, 0.5) is 5.69 Å². The highest BCUT2D eigenvalue weighted by Crippen LogP contribution is 2.32. The Balaban J connectivity index is 0.00000109. The molecule has 1 aromatic heterocycles. The predicted octanol–water partition coefficient (Wildman–Crippen LogP) is 4.69. The van der Waals surface area contributed by atoms with E-state index in [1.54, 1.807) is 0 Å². The summed E-state index contributed by atoms with van der Waals surface area (Å²) in [4.78, 5) is 7.29. The number of rotatable bonds is 5. The fourth-order valence-electron chi connectivity index (χ4n) is 3.50. The van der Waals surface area contributed by atoms with E-state index >= 15 is 0 Å². The Hall–Kier alpha value is -2.08. The van der Waals surface area contributed by atoms with Crippen LogP contribution in [-0.4, -0.2) is 47.3 Å². The summed E-state index contributed by atoms with van der Waals surface area (Å²) in [6.07, 6.45) is 1.05. The summed E-state index contributed by atoms with van der Waals surface area (Å²) in [5.74, 6) is 0.880. The molecule has 1 aliphatic rings. The van der Waals surface area contributed by atoms with Crippen molar-refractivity contribution in [2.45, 2.75) is 26.8 Å². The molecule has 3 aromatic rings. The number of hydrogen-bond acceptors (Lipinski definition) is 4. The third-order valence-electron chi connectivity index (χ3n) is 4.85. The van der Waals surface area contributed by atoms with Crippen LogP contribution in [0.3, 0.4) is 0 Å². The van der Waals surface area contributed by atoms with Gasteiger partial charge in [-0.1, -0.05) is 37.6 Å². The van der Waals surface area contributed by atoms with Gasteiger partial charge in [0.2, 0.25) is 0 Å². The Morgan fingerprint density at radius 1 is 1.07 bits per heavy atom. The van der Waals surface area contributed by atoms with Gasteiger partial charge in [-0.15, -0.1) is 0 Å². The van der Waals surface area contributed by atoms with Gasteiger partial charge in [-0.05, 0) is 36.8 Å². The van der Waals surface area contributed by atoms with Crippen molar-refractivity contribution in [3.05, 3.63) is 47.5 Å². The quantitative estimate of drug-likeness (QED) is 0.631. The van der Waals surface area contributed by atoms with Crippen molar-refractivity contribution < 1.29 is 4.74 Å². The molecular weight excluding hydrogens is 372 g/mol. The monoisotopic (exact) mass is 400 g/mol. The normalized spacial score (nSPS) is 14.7. The molecule has 2 heterocycles. The van der Waals surface area contributed by atoms with E-state index in [4.69, 9.17) is 27.1 Å². The molecule has 1 saturated heterocycles. The minimum absolute atomic E-state index is 0.670. The predicted molar refractivity (Wildman–Crippen MR) is 118 cm³/mol. The molecule has 0 unspecified atom stereocenters. The first-order valence-corrected chi connectivity index (χ1v) is 10.4. The SMILES string of the molecule is CC.Nc1ccc(Cl)c(-c2nc3ccccc3n2CCCN2CCOCC2)c1. The van der Waals surface area contributed by atoms with Crippen LogP contribution in [0.5, 0.6) is 0 Å². The number of nitrogens with two attached hydrogens (primary N) is 1. The molecule has 1 fully saturated rings. The number of nitrogen functional groups attached to an aromatic ring is 1. The number of ether oxygens (including phenoxy) is 1. The summed E-state index contributed by atoms with van der Waals surface area (Å²) in [7, 11) is 0. The lowest BCUT2D eigenvalue weighted by molar-refractivity contribution is 0.0370. The van der Waals surface area contributed by atoms with Crippen molar-refractivity contribution in [1.29, 1.82) is 0 Å². The Labute approximate surface area is 172 Å². The minimum Gasteiger partial charge on any atom is -0.399 e. The Kier molecular flexibility index (Phi) is 7.31. The average molecular weight is 401 g/mol. The second kappa shape index (κ2) is 9.92. The van der Waals surface area contributed by atoms with Gasteiger partial charge >= 0.3 is 0 Å². The molecule has 150 valence electrons. The van der Waals surface area contributed by atoms with Crippen LogP contribution in [0.25, 0.3) is 22.4 Å². The number of benzene rings is 2. The number of aryl methyl sites for hydroxylation is 1. The molecule has 0 atom stereocenters. The molecule has 6 heteroatoms. The maximum Gasteiger partial charge on any atom is 0.142 e. The number of imidazole rings is 1. The lowest BCUT2D eigenvalue weighted by Gasteiger charge is -2.26. The number of halogens is 1. The van der Waals surface area contributed by atoms with Crippen LogP contribution in [0.15, 0.2) is 42.5 Å². The van der Waals surface area contributed by atoms with E-state index in [1.807, 2.05) is 50.2 Å². The number of para-hydroxylation sites is 2. The van der Waals surface area contributed by atoms with Crippen molar-refractivity contribution in [1.82, 2.24) is 14.5 Å². The molecule has 2 aromatic carbocycles. The highest BCUT2D eigenvalue weighted by molar-refractivity contribution is 6.33. The molecule has 0 amide bonds.